The molecule has 2 aromatic heterocycles. The molecule has 1 N–H and O–H groups in total. The second-order valence-corrected chi connectivity index (χ2v) is 11.4. The van der Waals surface area contributed by atoms with Crippen molar-refractivity contribution in [3.8, 4) is 11.3 Å². The van der Waals surface area contributed by atoms with Crippen molar-refractivity contribution < 1.29 is 18.5 Å². The van der Waals surface area contributed by atoms with Crippen LogP contribution >= 0.6 is 27.3 Å². The summed E-state index contributed by atoms with van der Waals surface area (Å²) in [6.07, 6.45) is 1.58. The van der Waals surface area contributed by atoms with Crippen LogP contribution in [0.25, 0.3) is 17.4 Å². The molecule has 1 unspecified atom stereocenters. The summed E-state index contributed by atoms with van der Waals surface area (Å²) in [4.78, 5) is 43.1. The van der Waals surface area contributed by atoms with Crippen LogP contribution in [0.2, 0.25) is 0 Å². The Kier molecular flexibility index (Phi) is 7.46. The molecule has 0 radical (unpaired) electrons. The molecule has 43 heavy (non-hydrogen) atoms. The third-order valence-corrected chi connectivity index (χ3v) is 8.45. The number of nitrogens with zero attached hydrogens (tertiary/aromatic N) is 3. The van der Waals surface area contributed by atoms with Crippen molar-refractivity contribution in [3.63, 3.8) is 0 Å². The number of hydrogen-bond donors (Lipinski definition) is 1. The minimum atomic E-state index is -0.856. The van der Waals surface area contributed by atoms with Gasteiger partial charge < -0.3 is 9.73 Å². The number of carbonyl (C=O) groups is 1. The van der Waals surface area contributed by atoms with Crippen LogP contribution in [0.1, 0.15) is 24.3 Å². The molecule has 1 aliphatic heterocycles. The Balaban J connectivity index is 1.43. The van der Waals surface area contributed by atoms with Gasteiger partial charge in [-0.3, -0.25) is 24.3 Å². The zero-order chi connectivity index (χ0) is 30.2. The number of halogens is 2. The maximum atomic E-state index is 13.9. The van der Waals surface area contributed by atoms with Crippen molar-refractivity contribution >= 4 is 50.6 Å². The summed E-state index contributed by atoms with van der Waals surface area (Å²) in [6.45, 7) is 1.70. The lowest BCUT2D eigenvalue weighted by molar-refractivity contribution is -0.384. The normalized spacial score (nSPS) is 14.8. The van der Waals surface area contributed by atoms with Gasteiger partial charge in [0.2, 0.25) is 0 Å². The van der Waals surface area contributed by atoms with Crippen LogP contribution in [-0.2, 0) is 4.79 Å². The summed E-state index contributed by atoms with van der Waals surface area (Å²) in [6, 6.07) is 21.5. The summed E-state index contributed by atoms with van der Waals surface area (Å²) in [5.74, 6) is -0.0526. The number of thiazole rings is 1. The standard InChI is InChI=1S/C31H20BrFN4O5S/c1-17-27(29(38)35-20-5-3-2-4-6-20)28(18-7-9-19(33)10-8-18)36-30(39)26(43-31(36)34-17)16-22-12-14-25(42-22)23-13-11-21(37(40)41)15-24(23)32/h2-16,28H,1H3,(H,35,38). The molecule has 12 heteroatoms. The van der Waals surface area contributed by atoms with E-state index in [2.05, 4.69) is 26.2 Å². The highest BCUT2D eigenvalue weighted by Crippen LogP contribution is 2.33. The summed E-state index contributed by atoms with van der Waals surface area (Å²) < 4.78 is 22.1. The van der Waals surface area contributed by atoms with E-state index in [4.69, 9.17) is 4.42 Å². The van der Waals surface area contributed by atoms with Gasteiger partial charge in [-0.05, 0) is 70.9 Å². The van der Waals surface area contributed by atoms with Crippen LogP contribution in [0.3, 0.4) is 0 Å². The Hall–Kier alpha value is -4.94. The van der Waals surface area contributed by atoms with Gasteiger partial charge in [-0.1, -0.05) is 41.7 Å². The van der Waals surface area contributed by atoms with Crippen LogP contribution in [0.4, 0.5) is 15.8 Å². The number of nitrogens with one attached hydrogen (secondary N) is 1. The molecule has 0 spiro atoms. The number of fused-ring (bicyclic) bond motifs is 1. The fraction of sp³-hybridized carbons (Fsp3) is 0.0645. The van der Waals surface area contributed by atoms with E-state index in [1.165, 1.54) is 28.8 Å². The number of nitro benzene ring substituents is 1. The number of aromatic nitrogens is 1. The lowest BCUT2D eigenvalue weighted by Gasteiger charge is -2.25. The van der Waals surface area contributed by atoms with E-state index in [1.807, 2.05) is 6.07 Å². The molecule has 9 nitrogen and oxygen atoms in total. The molecule has 3 aromatic carbocycles. The average molecular weight is 659 g/mol. The van der Waals surface area contributed by atoms with Crippen molar-refractivity contribution in [1.82, 2.24) is 4.57 Å². The molecule has 0 fully saturated rings. The molecule has 1 aliphatic rings. The molecule has 6 rings (SSSR count). The highest BCUT2D eigenvalue weighted by Gasteiger charge is 2.32. The molecule has 5 aromatic rings. The fourth-order valence-corrected chi connectivity index (χ4v) is 6.40. The minimum absolute atomic E-state index is 0.0636. The number of non-ortho nitro benzene ring substituents is 1. The Morgan fingerprint density at radius 1 is 1.12 bits per heavy atom. The number of para-hydroxylation sites is 1. The summed E-state index contributed by atoms with van der Waals surface area (Å²) in [5, 5.41) is 14.0. The maximum Gasteiger partial charge on any atom is 0.271 e. The third kappa shape index (κ3) is 5.49. The number of nitro groups is 1. The first-order valence-corrected chi connectivity index (χ1v) is 14.5. The van der Waals surface area contributed by atoms with E-state index in [1.54, 1.807) is 67.6 Å². The summed E-state index contributed by atoms with van der Waals surface area (Å²) in [5.41, 5.74) is 1.96. The van der Waals surface area contributed by atoms with Crippen molar-refractivity contribution in [1.29, 1.82) is 0 Å². The second-order valence-electron chi connectivity index (χ2n) is 9.58. The van der Waals surface area contributed by atoms with Gasteiger partial charge in [0.05, 0.1) is 26.8 Å². The minimum Gasteiger partial charge on any atom is -0.457 e. The first-order chi connectivity index (χ1) is 20.7. The Morgan fingerprint density at radius 2 is 1.86 bits per heavy atom. The van der Waals surface area contributed by atoms with E-state index < -0.39 is 28.2 Å². The van der Waals surface area contributed by atoms with Crippen LogP contribution in [-0.4, -0.2) is 15.4 Å². The number of anilines is 1. The van der Waals surface area contributed by atoms with E-state index in [-0.39, 0.29) is 11.3 Å². The van der Waals surface area contributed by atoms with E-state index in [0.717, 1.165) is 11.3 Å². The Morgan fingerprint density at radius 3 is 2.56 bits per heavy atom. The third-order valence-electron chi connectivity index (χ3n) is 6.81. The summed E-state index contributed by atoms with van der Waals surface area (Å²) >= 11 is 4.49. The molecule has 0 aliphatic carbocycles. The van der Waals surface area contributed by atoms with Crippen LogP contribution in [0, 0.1) is 15.9 Å². The van der Waals surface area contributed by atoms with Gasteiger partial charge in [0.15, 0.2) is 4.80 Å². The molecule has 0 saturated heterocycles. The lowest BCUT2D eigenvalue weighted by Crippen LogP contribution is -2.40. The SMILES string of the molecule is CC1=C(C(=O)Nc2ccccc2)C(c2ccc(F)cc2)n2c(sc(=Cc3ccc(-c4ccc([N+](=O)[O-])cc4Br)o3)c2=O)=N1. The number of furan rings is 1. The van der Waals surface area contributed by atoms with Crippen molar-refractivity contribution in [3.05, 3.63) is 148 Å². The van der Waals surface area contributed by atoms with E-state index in [9.17, 15) is 24.1 Å². The van der Waals surface area contributed by atoms with E-state index >= 15 is 0 Å². The fourth-order valence-electron chi connectivity index (χ4n) is 4.81. The number of allylic oxidation sites excluding steroid dienone is 1. The first kappa shape index (κ1) is 28.2. The molecular formula is C31H20BrFN4O5S. The van der Waals surface area contributed by atoms with Crippen LogP contribution in [0.15, 0.2) is 115 Å². The zero-order valence-electron chi connectivity index (χ0n) is 22.3. The Labute approximate surface area is 255 Å². The van der Waals surface area contributed by atoms with Crippen LogP contribution in [0.5, 0.6) is 0 Å². The number of hydrogen-bond acceptors (Lipinski definition) is 7. The molecular weight excluding hydrogens is 639 g/mol. The van der Waals surface area contributed by atoms with Gasteiger partial charge >= 0.3 is 0 Å². The van der Waals surface area contributed by atoms with Gasteiger partial charge in [0, 0.05) is 33.9 Å². The molecule has 0 saturated carbocycles. The zero-order valence-corrected chi connectivity index (χ0v) is 24.7. The number of amides is 1. The highest BCUT2D eigenvalue weighted by molar-refractivity contribution is 9.10. The topological polar surface area (TPSA) is 120 Å². The highest BCUT2D eigenvalue weighted by atomic mass is 79.9. The predicted octanol–water partition coefficient (Wildman–Crippen LogP) is 5.94. The van der Waals surface area contributed by atoms with Crippen molar-refractivity contribution in [2.75, 3.05) is 5.32 Å². The maximum absolute atomic E-state index is 13.9. The smallest absolute Gasteiger partial charge is 0.271 e. The Bertz CT molecular complexity index is 2120. The van der Waals surface area contributed by atoms with Gasteiger partial charge in [-0.2, -0.15) is 0 Å². The monoisotopic (exact) mass is 658 g/mol. The summed E-state index contributed by atoms with van der Waals surface area (Å²) in [7, 11) is 0. The van der Waals surface area contributed by atoms with Gasteiger partial charge in [-0.15, -0.1) is 0 Å². The molecule has 214 valence electrons. The van der Waals surface area contributed by atoms with Gasteiger partial charge in [0.1, 0.15) is 17.3 Å². The van der Waals surface area contributed by atoms with Crippen molar-refractivity contribution in [2.24, 2.45) is 4.99 Å². The van der Waals surface area contributed by atoms with Crippen LogP contribution < -0.4 is 20.2 Å². The average Bonchev–Trinajstić information content (AvgIpc) is 3.57. The lowest BCUT2D eigenvalue weighted by atomic mass is 9.95. The van der Waals surface area contributed by atoms with Gasteiger partial charge in [0.25, 0.3) is 17.2 Å². The molecule has 0 bridgehead atoms. The van der Waals surface area contributed by atoms with Crippen molar-refractivity contribution in [2.45, 2.75) is 13.0 Å². The number of rotatable bonds is 6. The predicted molar refractivity (Wildman–Crippen MR) is 164 cm³/mol. The number of carbonyl (C=O) groups excluding carboxylic acids is 1. The number of benzene rings is 3. The first-order valence-electron chi connectivity index (χ1n) is 12.9. The van der Waals surface area contributed by atoms with Gasteiger partial charge in [-0.25, -0.2) is 9.38 Å². The quantitative estimate of drug-likeness (QED) is 0.179. The largest absolute Gasteiger partial charge is 0.457 e. The molecule has 3 heterocycles. The van der Waals surface area contributed by atoms with E-state index in [0.29, 0.717) is 47.8 Å². The molecule has 1 amide bonds. The molecule has 1 atom stereocenters. The second kappa shape index (κ2) is 11.4.